The van der Waals surface area contributed by atoms with Crippen LogP contribution in [0.5, 0.6) is 0 Å². The van der Waals surface area contributed by atoms with Gasteiger partial charge in [0.2, 0.25) is 11.9 Å². The molecular formula is C21H27F3N4O4. The van der Waals surface area contributed by atoms with E-state index < -0.39 is 17.7 Å². The third-order valence-electron chi connectivity index (χ3n) is 6.93. The summed E-state index contributed by atoms with van der Waals surface area (Å²) in [6.07, 6.45) is 3.23. The van der Waals surface area contributed by atoms with E-state index in [-0.39, 0.29) is 5.91 Å². The standard InChI is InChI=1S/C19H26N4O2.C2HF3O2/c24-17(9-19(25)4-3-5-19)23-11-13-8-16-14(15(13)12-23)10-20-18(21-16)22-6-1-2-7-22;3-2(4,5)1(6)7/h10,13,15,25H,1-9,11-12H2;(H,6,7). The van der Waals surface area contributed by atoms with Gasteiger partial charge in [-0.25, -0.2) is 14.8 Å². The van der Waals surface area contributed by atoms with Crippen LogP contribution in [0.3, 0.4) is 0 Å². The summed E-state index contributed by atoms with van der Waals surface area (Å²) in [4.78, 5) is 35.1. The predicted octanol–water partition coefficient (Wildman–Crippen LogP) is 2.11. The molecule has 1 saturated carbocycles. The number of anilines is 1. The number of carbonyl (C=O) groups excluding carboxylic acids is 1. The number of alkyl halides is 3. The minimum atomic E-state index is -5.08. The Morgan fingerprint density at radius 3 is 2.38 bits per heavy atom. The van der Waals surface area contributed by atoms with E-state index in [2.05, 4.69) is 9.88 Å². The number of hydrogen-bond donors (Lipinski definition) is 2. The van der Waals surface area contributed by atoms with E-state index >= 15 is 0 Å². The van der Waals surface area contributed by atoms with Gasteiger partial charge in [-0.15, -0.1) is 0 Å². The van der Waals surface area contributed by atoms with Gasteiger partial charge in [-0.1, -0.05) is 0 Å². The van der Waals surface area contributed by atoms with Crippen molar-refractivity contribution in [3.8, 4) is 0 Å². The highest BCUT2D eigenvalue weighted by molar-refractivity contribution is 5.78. The number of carbonyl (C=O) groups is 2. The zero-order valence-electron chi connectivity index (χ0n) is 17.6. The molecule has 1 aromatic heterocycles. The number of amides is 1. The highest BCUT2D eigenvalue weighted by atomic mass is 19.4. The van der Waals surface area contributed by atoms with Crippen molar-refractivity contribution in [1.82, 2.24) is 14.9 Å². The monoisotopic (exact) mass is 456 g/mol. The molecule has 2 unspecified atom stereocenters. The molecule has 2 aliphatic carbocycles. The maximum Gasteiger partial charge on any atom is 0.490 e. The van der Waals surface area contributed by atoms with Gasteiger partial charge in [0.25, 0.3) is 0 Å². The molecule has 8 nitrogen and oxygen atoms in total. The molecule has 0 aromatic carbocycles. The van der Waals surface area contributed by atoms with Crippen LogP contribution >= 0.6 is 0 Å². The molecule has 2 atom stereocenters. The Morgan fingerprint density at radius 1 is 1.16 bits per heavy atom. The van der Waals surface area contributed by atoms with Gasteiger partial charge < -0.3 is 20.0 Å². The van der Waals surface area contributed by atoms with E-state index in [4.69, 9.17) is 14.9 Å². The average molecular weight is 456 g/mol. The topological polar surface area (TPSA) is 107 Å². The lowest BCUT2D eigenvalue weighted by atomic mass is 9.77. The van der Waals surface area contributed by atoms with Crippen LogP contribution in [0, 0.1) is 5.92 Å². The lowest BCUT2D eigenvalue weighted by molar-refractivity contribution is -0.192. The number of rotatable bonds is 3. The van der Waals surface area contributed by atoms with Gasteiger partial charge in [0.05, 0.1) is 12.0 Å². The van der Waals surface area contributed by atoms with Crippen LogP contribution in [-0.4, -0.2) is 74.9 Å². The van der Waals surface area contributed by atoms with Crippen molar-refractivity contribution in [2.45, 2.75) is 62.6 Å². The number of aliphatic hydroxyl groups is 1. The molecule has 0 radical (unpaired) electrons. The molecule has 3 fully saturated rings. The molecule has 5 rings (SSSR count). The SMILES string of the molecule is O=C(CC1(O)CCC1)N1CC2Cc3nc(N4CCCC4)ncc3C2C1.O=C(O)C(F)(F)F. The van der Waals surface area contributed by atoms with Crippen molar-refractivity contribution in [3.63, 3.8) is 0 Å². The molecular weight excluding hydrogens is 429 g/mol. The zero-order valence-corrected chi connectivity index (χ0v) is 17.6. The Labute approximate surface area is 183 Å². The van der Waals surface area contributed by atoms with Gasteiger partial charge >= 0.3 is 12.1 Å². The van der Waals surface area contributed by atoms with Crippen LogP contribution in [-0.2, 0) is 16.0 Å². The number of halogens is 3. The van der Waals surface area contributed by atoms with Gasteiger partial charge in [0, 0.05) is 44.0 Å². The molecule has 176 valence electrons. The third kappa shape index (κ3) is 4.67. The maximum atomic E-state index is 12.6. The number of fused-ring (bicyclic) bond motifs is 3. The number of nitrogens with zero attached hydrogens (tertiary/aromatic N) is 4. The van der Waals surface area contributed by atoms with Gasteiger partial charge in [-0.05, 0) is 50.0 Å². The molecule has 2 saturated heterocycles. The lowest BCUT2D eigenvalue weighted by Gasteiger charge is -2.37. The van der Waals surface area contributed by atoms with Gasteiger partial charge in [-0.2, -0.15) is 13.2 Å². The highest BCUT2D eigenvalue weighted by Crippen LogP contribution is 2.43. The van der Waals surface area contributed by atoms with Crippen LogP contribution in [0.4, 0.5) is 19.1 Å². The lowest BCUT2D eigenvalue weighted by Crippen LogP contribution is -2.43. The van der Waals surface area contributed by atoms with Crippen molar-refractivity contribution >= 4 is 17.8 Å². The minimum Gasteiger partial charge on any atom is -0.475 e. The maximum absolute atomic E-state index is 12.6. The second-order valence-corrected chi connectivity index (χ2v) is 9.19. The van der Waals surface area contributed by atoms with E-state index in [0.29, 0.717) is 18.3 Å². The highest BCUT2D eigenvalue weighted by Gasteiger charge is 2.45. The van der Waals surface area contributed by atoms with E-state index in [1.165, 1.54) is 24.1 Å². The van der Waals surface area contributed by atoms with E-state index in [0.717, 1.165) is 57.8 Å². The summed E-state index contributed by atoms with van der Waals surface area (Å²) in [5, 5.41) is 17.4. The van der Waals surface area contributed by atoms with Crippen LogP contribution < -0.4 is 4.90 Å². The molecule has 1 aromatic rings. The first-order valence-corrected chi connectivity index (χ1v) is 11.0. The smallest absolute Gasteiger partial charge is 0.475 e. The summed E-state index contributed by atoms with van der Waals surface area (Å²) in [6, 6.07) is 0. The Bertz CT molecular complexity index is 884. The summed E-state index contributed by atoms with van der Waals surface area (Å²) in [6.45, 7) is 3.70. The fourth-order valence-corrected chi connectivity index (χ4v) is 5.00. The Balaban J connectivity index is 0.000000307. The fourth-order valence-electron chi connectivity index (χ4n) is 5.00. The zero-order chi connectivity index (χ0) is 23.1. The summed E-state index contributed by atoms with van der Waals surface area (Å²) >= 11 is 0. The molecule has 0 spiro atoms. The average Bonchev–Trinajstić information content (AvgIpc) is 3.42. The summed E-state index contributed by atoms with van der Waals surface area (Å²) in [7, 11) is 0. The molecule has 11 heteroatoms. The molecule has 2 aliphatic heterocycles. The van der Waals surface area contributed by atoms with Crippen LogP contribution in [0.2, 0.25) is 0 Å². The van der Waals surface area contributed by atoms with Gasteiger partial charge in [-0.3, -0.25) is 4.79 Å². The molecule has 1 amide bonds. The minimum absolute atomic E-state index is 0.118. The molecule has 3 heterocycles. The van der Waals surface area contributed by atoms with Gasteiger partial charge in [0.1, 0.15) is 0 Å². The normalized spacial score (nSPS) is 25.5. The summed E-state index contributed by atoms with van der Waals surface area (Å²) in [5.74, 6) is -0.905. The number of aliphatic carboxylic acids is 1. The first-order valence-electron chi connectivity index (χ1n) is 11.0. The van der Waals surface area contributed by atoms with Crippen LogP contribution in [0.15, 0.2) is 6.20 Å². The van der Waals surface area contributed by atoms with Gasteiger partial charge in [0.15, 0.2) is 0 Å². The Hall–Kier alpha value is -2.43. The second kappa shape index (κ2) is 8.49. The number of likely N-dealkylation sites (tertiary alicyclic amines) is 1. The van der Waals surface area contributed by atoms with Crippen molar-refractivity contribution in [2.75, 3.05) is 31.1 Å². The molecule has 0 bridgehead atoms. The van der Waals surface area contributed by atoms with Crippen LogP contribution in [0.1, 0.15) is 55.7 Å². The largest absolute Gasteiger partial charge is 0.490 e. The Kier molecular flexibility index (Phi) is 6.04. The molecule has 2 N–H and O–H groups in total. The number of aromatic nitrogens is 2. The fraction of sp³-hybridized carbons (Fsp3) is 0.714. The van der Waals surface area contributed by atoms with Crippen LogP contribution in [0.25, 0.3) is 0 Å². The number of hydrogen-bond acceptors (Lipinski definition) is 6. The van der Waals surface area contributed by atoms with E-state index in [1.807, 2.05) is 11.1 Å². The first kappa shape index (κ1) is 22.8. The Morgan fingerprint density at radius 2 is 1.81 bits per heavy atom. The van der Waals surface area contributed by atoms with E-state index in [9.17, 15) is 23.1 Å². The van der Waals surface area contributed by atoms with Crippen molar-refractivity contribution < 1.29 is 33.0 Å². The summed E-state index contributed by atoms with van der Waals surface area (Å²) in [5.41, 5.74) is 1.71. The second-order valence-electron chi connectivity index (χ2n) is 9.19. The van der Waals surface area contributed by atoms with Crippen molar-refractivity contribution in [1.29, 1.82) is 0 Å². The van der Waals surface area contributed by atoms with Crippen molar-refractivity contribution in [2.24, 2.45) is 5.92 Å². The quantitative estimate of drug-likeness (QED) is 0.718. The summed E-state index contributed by atoms with van der Waals surface area (Å²) < 4.78 is 31.7. The molecule has 32 heavy (non-hydrogen) atoms. The number of carboxylic acids is 1. The third-order valence-corrected chi connectivity index (χ3v) is 6.93. The molecule has 4 aliphatic rings. The van der Waals surface area contributed by atoms with Crippen molar-refractivity contribution in [3.05, 3.63) is 17.5 Å². The predicted molar refractivity (Wildman–Crippen MR) is 107 cm³/mol. The first-order chi connectivity index (χ1) is 15.1. The number of carboxylic acid groups (broad SMARTS) is 1. The van der Waals surface area contributed by atoms with E-state index in [1.54, 1.807) is 0 Å².